The lowest BCUT2D eigenvalue weighted by Crippen LogP contribution is -2.57. The van der Waals surface area contributed by atoms with Gasteiger partial charge in [0, 0.05) is 37.2 Å². The lowest BCUT2D eigenvalue weighted by molar-refractivity contribution is -0.137. The van der Waals surface area contributed by atoms with E-state index in [0.717, 1.165) is 31.2 Å². The lowest BCUT2D eigenvalue weighted by atomic mass is 10.0. The Bertz CT molecular complexity index is 487. The summed E-state index contributed by atoms with van der Waals surface area (Å²) in [7, 11) is 0. The molecule has 0 aliphatic carbocycles. The number of piperazine rings is 1. The molecule has 0 spiro atoms. The molecule has 2 N–H and O–H groups in total. The van der Waals surface area contributed by atoms with Gasteiger partial charge in [-0.05, 0) is 38.5 Å². The monoisotopic (exact) mass is 309 g/mol. The van der Waals surface area contributed by atoms with Crippen LogP contribution in [0.1, 0.15) is 32.4 Å². The van der Waals surface area contributed by atoms with Gasteiger partial charge in [-0.2, -0.15) is 0 Å². The maximum absolute atomic E-state index is 12.2. The summed E-state index contributed by atoms with van der Waals surface area (Å²) in [5, 5.41) is 0.756. The summed E-state index contributed by atoms with van der Waals surface area (Å²) < 4.78 is 0. The van der Waals surface area contributed by atoms with E-state index in [9.17, 15) is 4.79 Å². The number of nitrogens with two attached hydrogens (primary N) is 1. The Hall–Kier alpha value is -1.10. The molecule has 21 heavy (non-hydrogen) atoms. The van der Waals surface area contributed by atoms with E-state index >= 15 is 0 Å². The maximum atomic E-state index is 12.2. The highest BCUT2D eigenvalue weighted by Crippen LogP contribution is 2.23. The first kappa shape index (κ1) is 16.3. The summed E-state index contributed by atoms with van der Waals surface area (Å²) >= 11 is 5.93. The summed E-state index contributed by atoms with van der Waals surface area (Å²) in [5.41, 5.74) is 6.35. The predicted molar refractivity (Wildman–Crippen MR) is 86.3 cm³/mol. The van der Waals surface area contributed by atoms with Gasteiger partial charge in [0.2, 0.25) is 5.91 Å². The number of hydrogen-bond acceptors (Lipinski definition) is 3. The Morgan fingerprint density at radius 3 is 2.19 bits per heavy atom. The number of halogens is 1. The Morgan fingerprint density at radius 1 is 1.19 bits per heavy atom. The number of carbonyl (C=O) groups is 1. The number of hydrogen-bond donors (Lipinski definition) is 1. The molecule has 1 atom stereocenters. The van der Waals surface area contributed by atoms with Crippen LogP contribution in [0.3, 0.4) is 0 Å². The van der Waals surface area contributed by atoms with Crippen LogP contribution >= 0.6 is 11.6 Å². The minimum absolute atomic E-state index is 0.0290. The Kier molecular flexibility index (Phi) is 4.91. The van der Waals surface area contributed by atoms with Crippen molar-refractivity contribution in [1.29, 1.82) is 0 Å². The van der Waals surface area contributed by atoms with Gasteiger partial charge in [0.05, 0.1) is 5.54 Å². The summed E-state index contributed by atoms with van der Waals surface area (Å²) in [6.07, 6.45) is 0. The number of rotatable bonds is 3. The minimum atomic E-state index is -0.788. The molecular weight excluding hydrogens is 286 g/mol. The van der Waals surface area contributed by atoms with Gasteiger partial charge in [0.1, 0.15) is 0 Å². The molecule has 1 saturated heterocycles. The number of amides is 1. The van der Waals surface area contributed by atoms with E-state index in [2.05, 4.69) is 24.0 Å². The summed E-state index contributed by atoms with van der Waals surface area (Å²) in [5.74, 6) is 0.0290. The van der Waals surface area contributed by atoms with Crippen LogP contribution in [0.5, 0.6) is 0 Å². The van der Waals surface area contributed by atoms with E-state index in [4.69, 9.17) is 17.3 Å². The predicted octanol–water partition coefficient (Wildman–Crippen LogP) is 2.28. The van der Waals surface area contributed by atoms with Gasteiger partial charge in [0.25, 0.3) is 0 Å². The molecule has 1 aliphatic heterocycles. The quantitative estimate of drug-likeness (QED) is 0.932. The minimum Gasteiger partial charge on any atom is -0.339 e. The molecule has 1 heterocycles. The Morgan fingerprint density at radius 2 is 1.71 bits per heavy atom. The lowest BCUT2D eigenvalue weighted by Gasteiger charge is -2.40. The molecule has 4 nitrogen and oxygen atoms in total. The van der Waals surface area contributed by atoms with Crippen molar-refractivity contribution in [2.75, 3.05) is 26.2 Å². The fraction of sp³-hybridized carbons (Fsp3) is 0.562. The smallest absolute Gasteiger partial charge is 0.242 e. The highest BCUT2D eigenvalue weighted by Gasteiger charge is 2.31. The van der Waals surface area contributed by atoms with E-state index < -0.39 is 5.54 Å². The second-order valence-corrected chi connectivity index (χ2v) is 6.71. The Labute approximate surface area is 131 Å². The van der Waals surface area contributed by atoms with Crippen LogP contribution < -0.4 is 5.73 Å². The van der Waals surface area contributed by atoms with Crippen LogP contribution in [-0.2, 0) is 4.79 Å². The molecule has 5 heteroatoms. The summed E-state index contributed by atoms with van der Waals surface area (Å²) in [6, 6.07) is 8.29. The highest BCUT2D eigenvalue weighted by molar-refractivity contribution is 6.30. The number of nitrogens with zero attached hydrogens (tertiary/aromatic N) is 2. The van der Waals surface area contributed by atoms with Gasteiger partial charge in [-0.25, -0.2) is 0 Å². The van der Waals surface area contributed by atoms with Gasteiger partial charge in [-0.1, -0.05) is 23.7 Å². The third-order valence-electron chi connectivity index (χ3n) is 4.05. The maximum Gasteiger partial charge on any atom is 0.242 e. The van der Waals surface area contributed by atoms with Crippen LogP contribution in [0.4, 0.5) is 0 Å². The average Bonchev–Trinajstić information content (AvgIpc) is 2.46. The largest absolute Gasteiger partial charge is 0.339 e. The normalized spacial score (nSPS) is 18.6. The zero-order valence-corrected chi connectivity index (χ0v) is 13.7. The van der Waals surface area contributed by atoms with Crippen molar-refractivity contribution < 1.29 is 4.79 Å². The molecule has 2 rings (SSSR count). The first-order valence-electron chi connectivity index (χ1n) is 7.37. The van der Waals surface area contributed by atoms with E-state index in [1.807, 2.05) is 17.0 Å². The van der Waals surface area contributed by atoms with Crippen LogP contribution in [0.25, 0.3) is 0 Å². The van der Waals surface area contributed by atoms with Crippen LogP contribution in [-0.4, -0.2) is 47.4 Å². The zero-order valence-electron chi connectivity index (χ0n) is 13.0. The third-order valence-corrected chi connectivity index (χ3v) is 4.30. The molecule has 0 radical (unpaired) electrons. The standard InChI is InChI=1S/C16H24ClN3O/c1-12(13-4-6-14(17)7-5-13)19-8-10-20(11-9-19)15(21)16(2,3)18/h4-7,12H,8-11,18H2,1-3H3. The van der Waals surface area contributed by atoms with E-state index in [-0.39, 0.29) is 5.91 Å². The van der Waals surface area contributed by atoms with Gasteiger partial charge >= 0.3 is 0 Å². The van der Waals surface area contributed by atoms with E-state index in [1.165, 1.54) is 5.56 Å². The van der Waals surface area contributed by atoms with Crippen molar-refractivity contribution in [3.63, 3.8) is 0 Å². The molecule has 0 bridgehead atoms. The van der Waals surface area contributed by atoms with Crippen molar-refractivity contribution >= 4 is 17.5 Å². The molecule has 1 aromatic rings. The fourth-order valence-corrected chi connectivity index (χ4v) is 2.80. The van der Waals surface area contributed by atoms with Crippen LogP contribution in [0.15, 0.2) is 24.3 Å². The SMILES string of the molecule is CC(c1ccc(Cl)cc1)N1CCN(C(=O)C(C)(C)N)CC1. The van der Waals surface area contributed by atoms with Gasteiger partial charge in [0.15, 0.2) is 0 Å². The van der Waals surface area contributed by atoms with Crippen LogP contribution in [0.2, 0.25) is 5.02 Å². The van der Waals surface area contributed by atoms with Gasteiger partial charge in [-0.3, -0.25) is 9.69 Å². The first-order chi connectivity index (χ1) is 9.79. The fourth-order valence-electron chi connectivity index (χ4n) is 2.67. The second-order valence-electron chi connectivity index (χ2n) is 6.28. The second kappa shape index (κ2) is 6.34. The third kappa shape index (κ3) is 3.96. The molecule has 0 saturated carbocycles. The Balaban J connectivity index is 1.94. The van der Waals surface area contributed by atoms with E-state index in [0.29, 0.717) is 6.04 Å². The van der Waals surface area contributed by atoms with Gasteiger partial charge in [-0.15, -0.1) is 0 Å². The molecule has 1 unspecified atom stereocenters. The molecule has 0 aromatic heterocycles. The zero-order chi connectivity index (χ0) is 15.6. The summed E-state index contributed by atoms with van der Waals surface area (Å²) in [6.45, 7) is 8.91. The van der Waals surface area contributed by atoms with Crippen molar-refractivity contribution in [3.05, 3.63) is 34.9 Å². The topological polar surface area (TPSA) is 49.6 Å². The first-order valence-corrected chi connectivity index (χ1v) is 7.74. The van der Waals surface area contributed by atoms with Crippen molar-refractivity contribution in [1.82, 2.24) is 9.80 Å². The molecule has 1 aromatic carbocycles. The highest BCUT2D eigenvalue weighted by atomic mass is 35.5. The molecule has 116 valence electrons. The van der Waals surface area contributed by atoms with Crippen LogP contribution in [0, 0.1) is 0 Å². The average molecular weight is 310 g/mol. The van der Waals surface area contributed by atoms with Gasteiger partial charge < -0.3 is 10.6 Å². The molecule has 1 fully saturated rings. The van der Waals surface area contributed by atoms with Crippen molar-refractivity contribution in [2.45, 2.75) is 32.4 Å². The number of benzene rings is 1. The van der Waals surface area contributed by atoms with Crippen molar-refractivity contribution in [2.24, 2.45) is 5.73 Å². The molecule has 1 amide bonds. The number of carbonyl (C=O) groups excluding carboxylic acids is 1. The molecule has 1 aliphatic rings. The molecular formula is C16H24ClN3O. The van der Waals surface area contributed by atoms with Crippen molar-refractivity contribution in [3.8, 4) is 0 Å². The summed E-state index contributed by atoms with van der Waals surface area (Å²) in [4.78, 5) is 16.4. The van der Waals surface area contributed by atoms with E-state index in [1.54, 1.807) is 13.8 Å².